The summed E-state index contributed by atoms with van der Waals surface area (Å²) in [5, 5.41) is 3.77. The fourth-order valence-electron chi connectivity index (χ4n) is 3.44. The molecule has 2 rings (SSSR count). The van der Waals surface area contributed by atoms with Crippen molar-refractivity contribution in [2.75, 3.05) is 26.2 Å². The maximum absolute atomic E-state index is 3.77. The van der Waals surface area contributed by atoms with Crippen LogP contribution in [0.15, 0.2) is 0 Å². The highest BCUT2D eigenvalue weighted by Gasteiger charge is 2.38. The highest BCUT2D eigenvalue weighted by Crippen LogP contribution is 2.44. The lowest BCUT2D eigenvalue weighted by molar-refractivity contribution is 0.279. The van der Waals surface area contributed by atoms with Gasteiger partial charge in [0.05, 0.1) is 0 Å². The minimum absolute atomic E-state index is 0.860. The van der Waals surface area contributed by atoms with Gasteiger partial charge in [-0.05, 0) is 44.2 Å². The average molecular weight is 210 g/mol. The maximum atomic E-state index is 3.77. The molecule has 2 aliphatic rings. The Hall–Kier alpha value is -0.0800. The molecule has 88 valence electrons. The van der Waals surface area contributed by atoms with Gasteiger partial charge in [0, 0.05) is 19.1 Å². The Bertz CT molecular complexity index is 189. The minimum atomic E-state index is 0.860. The second kappa shape index (κ2) is 5.31. The van der Waals surface area contributed by atoms with E-state index in [4.69, 9.17) is 0 Å². The third-order valence-corrected chi connectivity index (χ3v) is 4.47. The van der Waals surface area contributed by atoms with Crippen molar-refractivity contribution in [3.8, 4) is 0 Å². The monoisotopic (exact) mass is 210 g/mol. The smallest absolute Gasteiger partial charge is 0.0107 e. The van der Waals surface area contributed by atoms with Crippen molar-refractivity contribution < 1.29 is 0 Å². The highest BCUT2D eigenvalue weighted by atomic mass is 15.1. The maximum Gasteiger partial charge on any atom is 0.0107 e. The molecule has 2 heteroatoms. The van der Waals surface area contributed by atoms with Crippen molar-refractivity contribution in [3.63, 3.8) is 0 Å². The summed E-state index contributed by atoms with van der Waals surface area (Å²) in [6, 6.07) is 0.860. The van der Waals surface area contributed by atoms with Crippen molar-refractivity contribution in [3.05, 3.63) is 0 Å². The van der Waals surface area contributed by atoms with Gasteiger partial charge in [0.2, 0.25) is 0 Å². The minimum Gasteiger partial charge on any atom is -0.312 e. The fourth-order valence-corrected chi connectivity index (χ4v) is 3.44. The fraction of sp³-hybridized carbons (Fsp3) is 1.00. The van der Waals surface area contributed by atoms with Crippen molar-refractivity contribution in [2.24, 2.45) is 11.8 Å². The number of hydrogen-bond acceptors (Lipinski definition) is 2. The van der Waals surface area contributed by atoms with Gasteiger partial charge in [0.25, 0.3) is 0 Å². The van der Waals surface area contributed by atoms with Crippen molar-refractivity contribution in [1.82, 2.24) is 10.2 Å². The molecule has 0 saturated heterocycles. The molecule has 0 amide bonds. The van der Waals surface area contributed by atoms with Gasteiger partial charge in [-0.1, -0.05) is 20.3 Å². The average Bonchev–Trinajstić information content (AvgIpc) is 2.86. The summed E-state index contributed by atoms with van der Waals surface area (Å²) in [5.41, 5.74) is 0. The Morgan fingerprint density at radius 1 is 1.13 bits per heavy atom. The summed E-state index contributed by atoms with van der Waals surface area (Å²) in [6.07, 6.45) is 5.98. The van der Waals surface area contributed by atoms with Crippen molar-refractivity contribution in [2.45, 2.75) is 45.6 Å². The molecule has 0 aromatic heterocycles. The van der Waals surface area contributed by atoms with Crippen LogP contribution in [-0.2, 0) is 0 Å². The zero-order chi connectivity index (χ0) is 10.7. The lowest BCUT2D eigenvalue weighted by Gasteiger charge is -2.25. The molecule has 15 heavy (non-hydrogen) atoms. The normalized spacial score (nSPS) is 34.2. The van der Waals surface area contributed by atoms with Crippen LogP contribution in [0.2, 0.25) is 0 Å². The van der Waals surface area contributed by atoms with E-state index < -0.39 is 0 Å². The molecule has 0 spiro atoms. The summed E-state index contributed by atoms with van der Waals surface area (Å²) in [6.45, 7) is 9.29. The molecule has 2 nitrogen and oxygen atoms in total. The molecule has 2 saturated carbocycles. The third kappa shape index (κ3) is 2.73. The first-order chi connectivity index (χ1) is 7.33. The Kier molecular flexibility index (Phi) is 4.04. The van der Waals surface area contributed by atoms with E-state index >= 15 is 0 Å². The topological polar surface area (TPSA) is 15.3 Å². The van der Waals surface area contributed by atoms with Crippen molar-refractivity contribution >= 4 is 0 Å². The Labute approximate surface area is 94.4 Å². The van der Waals surface area contributed by atoms with Gasteiger partial charge in [-0.25, -0.2) is 0 Å². The van der Waals surface area contributed by atoms with Gasteiger partial charge in [-0.3, -0.25) is 0 Å². The van der Waals surface area contributed by atoms with Gasteiger partial charge in [-0.2, -0.15) is 0 Å². The first-order valence-corrected chi connectivity index (χ1v) is 6.79. The van der Waals surface area contributed by atoms with E-state index in [1.807, 2.05) is 0 Å². The van der Waals surface area contributed by atoms with Crippen LogP contribution in [-0.4, -0.2) is 37.1 Å². The first kappa shape index (κ1) is 11.4. The van der Waals surface area contributed by atoms with Crippen LogP contribution in [0, 0.1) is 11.8 Å². The summed E-state index contributed by atoms with van der Waals surface area (Å²) in [4.78, 5) is 2.50. The predicted octanol–water partition coefficient (Wildman–Crippen LogP) is 2.11. The summed E-state index contributed by atoms with van der Waals surface area (Å²) in [5.74, 6) is 2.09. The molecular weight excluding hydrogens is 184 g/mol. The SMILES string of the molecule is CCN(CC)CCN[C@@H]1C[C@@H]2CC[C@@H]1C2. The Morgan fingerprint density at radius 3 is 2.47 bits per heavy atom. The van der Waals surface area contributed by atoms with Crippen LogP contribution < -0.4 is 5.32 Å². The molecule has 0 heterocycles. The van der Waals surface area contributed by atoms with E-state index in [9.17, 15) is 0 Å². The van der Waals surface area contributed by atoms with Crippen LogP contribution in [0.3, 0.4) is 0 Å². The molecule has 0 radical (unpaired) electrons. The largest absolute Gasteiger partial charge is 0.312 e. The van der Waals surface area contributed by atoms with E-state index in [-0.39, 0.29) is 0 Å². The molecule has 2 bridgehead atoms. The molecule has 0 aromatic rings. The van der Waals surface area contributed by atoms with Crippen LogP contribution >= 0.6 is 0 Å². The number of rotatable bonds is 6. The standard InChI is InChI=1S/C13H26N2/c1-3-15(4-2)8-7-14-13-10-11-5-6-12(13)9-11/h11-14H,3-10H2,1-2H3/t11-,12-,13-/m1/s1. The van der Waals surface area contributed by atoms with Gasteiger partial charge in [0.15, 0.2) is 0 Å². The van der Waals surface area contributed by atoms with E-state index in [2.05, 4.69) is 24.1 Å². The molecule has 0 aromatic carbocycles. The molecule has 0 aliphatic heterocycles. The van der Waals surface area contributed by atoms with Crippen LogP contribution in [0.1, 0.15) is 39.5 Å². The molecule has 0 unspecified atom stereocenters. The highest BCUT2D eigenvalue weighted by molar-refractivity contribution is 4.94. The zero-order valence-electron chi connectivity index (χ0n) is 10.3. The van der Waals surface area contributed by atoms with Gasteiger partial charge in [-0.15, -0.1) is 0 Å². The third-order valence-electron chi connectivity index (χ3n) is 4.47. The Balaban J connectivity index is 1.62. The van der Waals surface area contributed by atoms with E-state index in [0.29, 0.717) is 0 Å². The number of nitrogens with one attached hydrogen (secondary N) is 1. The van der Waals surface area contributed by atoms with E-state index in [1.165, 1.54) is 51.9 Å². The number of likely N-dealkylation sites (N-methyl/N-ethyl adjacent to an activating group) is 1. The number of fused-ring (bicyclic) bond motifs is 2. The van der Waals surface area contributed by atoms with Gasteiger partial charge in [0.1, 0.15) is 0 Å². The number of hydrogen-bond donors (Lipinski definition) is 1. The summed E-state index contributed by atoms with van der Waals surface area (Å²) in [7, 11) is 0. The lowest BCUT2D eigenvalue weighted by atomic mass is 9.95. The summed E-state index contributed by atoms with van der Waals surface area (Å²) < 4.78 is 0. The zero-order valence-corrected chi connectivity index (χ0v) is 10.3. The molecule has 3 atom stereocenters. The quantitative estimate of drug-likeness (QED) is 0.722. The molecule has 2 aliphatic carbocycles. The first-order valence-electron chi connectivity index (χ1n) is 6.79. The second-order valence-corrected chi connectivity index (χ2v) is 5.26. The van der Waals surface area contributed by atoms with Crippen molar-refractivity contribution in [1.29, 1.82) is 0 Å². The van der Waals surface area contributed by atoms with Gasteiger partial charge < -0.3 is 10.2 Å². The lowest BCUT2D eigenvalue weighted by Crippen LogP contribution is -2.39. The molecular formula is C13H26N2. The summed E-state index contributed by atoms with van der Waals surface area (Å²) >= 11 is 0. The van der Waals surface area contributed by atoms with E-state index in [1.54, 1.807) is 0 Å². The Morgan fingerprint density at radius 2 is 1.93 bits per heavy atom. The van der Waals surface area contributed by atoms with Gasteiger partial charge >= 0.3 is 0 Å². The molecule has 1 N–H and O–H groups in total. The number of nitrogens with zero attached hydrogens (tertiary/aromatic N) is 1. The second-order valence-electron chi connectivity index (χ2n) is 5.26. The predicted molar refractivity (Wildman–Crippen MR) is 65.0 cm³/mol. The van der Waals surface area contributed by atoms with Crippen LogP contribution in [0.25, 0.3) is 0 Å². The van der Waals surface area contributed by atoms with Crippen LogP contribution in [0.5, 0.6) is 0 Å². The van der Waals surface area contributed by atoms with E-state index in [0.717, 1.165) is 17.9 Å². The molecule has 2 fully saturated rings. The van der Waals surface area contributed by atoms with Crippen LogP contribution in [0.4, 0.5) is 0 Å².